The number of ketones is 1. The Kier molecular flexibility index (Phi) is 5.31. The predicted molar refractivity (Wildman–Crippen MR) is 108 cm³/mol. The Hall–Kier alpha value is -2.81. The molecule has 9 heteroatoms. The van der Waals surface area contributed by atoms with E-state index in [0.29, 0.717) is 36.0 Å². The fourth-order valence-electron chi connectivity index (χ4n) is 3.93. The first-order chi connectivity index (χ1) is 14.2. The highest BCUT2D eigenvalue weighted by molar-refractivity contribution is 7.91. The van der Waals surface area contributed by atoms with Crippen LogP contribution in [0.3, 0.4) is 0 Å². The van der Waals surface area contributed by atoms with E-state index in [0.717, 1.165) is 11.4 Å². The smallest absolute Gasteiger partial charge is 0.310 e. The number of aromatic nitrogens is 1. The second-order valence-corrected chi connectivity index (χ2v) is 9.81. The number of fused-ring (bicyclic) bond motifs is 1. The quantitative estimate of drug-likeness (QED) is 0.525. The molecule has 2 aliphatic rings. The van der Waals surface area contributed by atoms with E-state index >= 15 is 0 Å². The van der Waals surface area contributed by atoms with E-state index in [-0.39, 0.29) is 23.7 Å². The predicted octanol–water partition coefficient (Wildman–Crippen LogP) is 2.03. The maximum absolute atomic E-state index is 12.7. The van der Waals surface area contributed by atoms with Crippen molar-refractivity contribution in [3.05, 3.63) is 41.2 Å². The van der Waals surface area contributed by atoms with Crippen LogP contribution in [0.2, 0.25) is 0 Å². The van der Waals surface area contributed by atoms with Crippen LogP contribution >= 0.6 is 0 Å². The molecule has 160 valence electrons. The zero-order valence-electron chi connectivity index (χ0n) is 16.8. The molecule has 0 N–H and O–H groups in total. The minimum atomic E-state index is -3.19. The van der Waals surface area contributed by atoms with Gasteiger partial charge >= 0.3 is 5.97 Å². The minimum absolute atomic E-state index is 0.0165. The van der Waals surface area contributed by atoms with Gasteiger partial charge in [-0.3, -0.25) is 9.59 Å². The van der Waals surface area contributed by atoms with Gasteiger partial charge in [0.05, 0.1) is 17.4 Å². The second-order valence-electron chi connectivity index (χ2n) is 7.58. The lowest BCUT2D eigenvalue weighted by Crippen LogP contribution is -2.22. The summed E-state index contributed by atoms with van der Waals surface area (Å²) in [5, 5.41) is 0. The lowest BCUT2D eigenvalue weighted by Gasteiger charge is -2.20. The summed E-state index contributed by atoms with van der Waals surface area (Å²) in [5.41, 5.74) is 2.85. The number of carbonyl (C=O) groups excluding carboxylic acids is 2. The van der Waals surface area contributed by atoms with Crippen molar-refractivity contribution in [3.8, 4) is 17.2 Å². The van der Waals surface area contributed by atoms with E-state index in [4.69, 9.17) is 14.2 Å². The summed E-state index contributed by atoms with van der Waals surface area (Å²) in [7, 11) is -3.19. The topological polar surface area (TPSA) is 101 Å². The summed E-state index contributed by atoms with van der Waals surface area (Å²) in [5.74, 6) is -0.543. The molecule has 1 aromatic heterocycles. The lowest BCUT2D eigenvalue weighted by atomic mass is 10.1. The summed E-state index contributed by atoms with van der Waals surface area (Å²) in [6.45, 7) is 4.29. The number of benzene rings is 1. The van der Waals surface area contributed by atoms with Gasteiger partial charge in [-0.15, -0.1) is 0 Å². The molecule has 0 saturated carbocycles. The van der Waals surface area contributed by atoms with Crippen LogP contribution in [0.25, 0.3) is 5.69 Å². The Bertz CT molecular complexity index is 1120. The lowest BCUT2D eigenvalue weighted by molar-refractivity contribution is -0.146. The van der Waals surface area contributed by atoms with Gasteiger partial charge in [-0.25, -0.2) is 8.42 Å². The Labute approximate surface area is 174 Å². The van der Waals surface area contributed by atoms with E-state index in [1.54, 1.807) is 6.07 Å². The zero-order valence-corrected chi connectivity index (χ0v) is 17.7. The van der Waals surface area contributed by atoms with Crippen molar-refractivity contribution in [1.82, 2.24) is 4.57 Å². The molecule has 2 aliphatic heterocycles. The van der Waals surface area contributed by atoms with Crippen LogP contribution in [0, 0.1) is 19.8 Å². The first-order valence-corrected chi connectivity index (χ1v) is 11.6. The summed E-state index contributed by atoms with van der Waals surface area (Å²) in [4.78, 5) is 24.8. The molecule has 0 amide bonds. The van der Waals surface area contributed by atoms with Crippen LogP contribution < -0.4 is 9.47 Å². The highest BCUT2D eigenvalue weighted by Crippen LogP contribution is 2.33. The molecule has 1 unspecified atom stereocenters. The fraction of sp³-hybridized carbons (Fsp3) is 0.429. The summed E-state index contributed by atoms with van der Waals surface area (Å²) < 4.78 is 41.3. The molecule has 1 atom stereocenters. The number of nitrogens with zero attached hydrogens (tertiary/aromatic N) is 1. The van der Waals surface area contributed by atoms with Crippen molar-refractivity contribution in [2.24, 2.45) is 5.92 Å². The van der Waals surface area contributed by atoms with Crippen molar-refractivity contribution < 1.29 is 32.2 Å². The van der Waals surface area contributed by atoms with Crippen LogP contribution in [-0.4, -0.2) is 56.1 Å². The average molecular weight is 433 g/mol. The monoisotopic (exact) mass is 433 g/mol. The van der Waals surface area contributed by atoms with Crippen molar-refractivity contribution in [2.75, 3.05) is 31.3 Å². The van der Waals surface area contributed by atoms with Gasteiger partial charge < -0.3 is 18.8 Å². The highest BCUT2D eigenvalue weighted by atomic mass is 32.2. The summed E-state index contributed by atoms with van der Waals surface area (Å²) in [6, 6.07) is 7.34. The largest absolute Gasteiger partial charge is 0.486 e. The van der Waals surface area contributed by atoms with Gasteiger partial charge in [0.2, 0.25) is 5.78 Å². The molecule has 3 heterocycles. The fourth-order valence-corrected chi connectivity index (χ4v) is 5.65. The molecular weight excluding hydrogens is 410 g/mol. The van der Waals surface area contributed by atoms with E-state index in [2.05, 4.69) is 0 Å². The van der Waals surface area contributed by atoms with Crippen molar-refractivity contribution in [2.45, 2.75) is 20.3 Å². The van der Waals surface area contributed by atoms with E-state index in [1.807, 2.05) is 36.6 Å². The molecule has 0 aliphatic carbocycles. The van der Waals surface area contributed by atoms with Crippen LogP contribution in [-0.2, 0) is 19.4 Å². The van der Waals surface area contributed by atoms with Gasteiger partial charge in [0.15, 0.2) is 27.9 Å². The van der Waals surface area contributed by atoms with Crippen LogP contribution in [0.4, 0.5) is 0 Å². The molecule has 4 rings (SSSR count). The SMILES string of the molecule is Cc1cc(C(=O)COC(=O)C2CCS(=O)(=O)C2)c(C)n1-c1ccc2c(c1)OCCO2. The number of hydrogen-bond acceptors (Lipinski definition) is 7. The third kappa shape index (κ3) is 3.94. The second kappa shape index (κ2) is 7.79. The number of aryl methyl sites for hydroxylation is 1. The van der Waals surface area contributed by atoms with Crippen molar-refractivity contribution in [1.29, 1.82) is 0 Å². The molecule has 0 spiro atoms. The molecule has 30 heavy (non-hydrogen) atoms. The van der Waals surface area contributed by atoms with Crippen molar-refractivity contribution >= 4 is 21.6 Å². The van der Waals surface area contributed by atoms with Gasteiger partial charge in [-0.2, -0.15) is 0 Å². The molecule has 1 aromatic carbocycles. The zero-order chi connectivity index (χ0) is 21.5. The summed E-state index contributed by atoms with van der Waals surface area (Å²) >= 11 is 0. The molecule has 2 aromatic rings. The molecule has 0 bridgehead atoms. The maximum atomic E-state index is 12.7. The van der Waals surface area contributed by atoms with Gasteiger partial charge in [0, 0.05) is 28.7 Å². The number of esters is 1. The van der Waals surface area contributed by atoms with Crippen LogP contribution in [0.5, 0.6) is 11.5 Å². The number of rotatable bonds is 5. The molecule has 8 nitrogen and oxygen atoms in total. The number of sulfone groups is 1. The Morgan fingerprint density at radius 3 is 2.57 bits per heavy atom. The number of Topliss-reactive ketones (excluding diaryl/α,β-unsaturated/α-hetero) is 1. The Morgan fingerprint density at radius 1 is 1.13 bits per heavy atom. The normalized spacial score (nSPS) is 19.5. The summed E-state index contributed by atoms with van der Waals surface area (Å²) in [6.07, 6.45) is 0.244. The molecular formula is C21H23NO7S. The van der Waals surface area contributed by atoms with E-state index < -0.39 is 28.3 Å². The van der Waals surface area contributed by atoms with E-state index in [9.17, 15) is 18.0 Å². The van der Waals surface area contributed by atoms with Gasteiger partial charge in [-0.1, -0.05) is 0 Å². The van der Waals surface area contributed by atoms with Gasteiger partial charge in [-0.05, 0) is 38.5 Å². The number of carbonyl (C=O) groups is 2. The molecule has 1 fully saturated rings. The third-order valence-electron chi connectivity index (χ3n) is 5.43. The number of hydrogen-bond donors (Lipinski definition) is 0. The van der Waals surface area contributed by atoms with Crippen LogP contribution in [0.1, 0.15) is 28.2 Å². The highest BCUT2D eigenvalue weighted by Gasteiger charge is 2.34. The minimum Gasteiger partial charge on any atom is -0.486 e. The Morgan fingerprint density at radius 2 is 1.87 bits per heavy atom. The number of ether oxygens (including phenoxy) is 3. The molecule has 1 saturated heterocycles. The van der Waals surface area contributed by atoms with Crippen LogP contribution in [0.15, 0.2) is 24.3 Å². The van der Waals surface area contributed by atoms with Gasteiger partial charge in [0.1, 0.15) is 13.2 Å². The molecule has 0 radical (unpaired) electrons. The Balaban J connectivity index is 1.49. The first-order valence-electron chi connectivity index (χ1n) is 9.74. The first kappa shape index (κ1) is 20.5. The average Bonchev–Trinajstić information content (AvgIpc) is 3.23. The van der Waals surface area contributed by atoms with E-state index in [1.165, 1.54) is 0 Å². The standard InChI is InChI=1S/C21H23NO7S/c1-13-9-17(18(23)11-29-21(24)15-5-8-30(25,26)12-15)14(2)22(13)16-3-4-19-20(10-16)28-7-6-27-19/h3-4,9-10,15H,5-8,11-12H2,1-2H3. The maximum Gasteiger partial charge on any atom is 0.310 e. The third-order valence-corrected chi connectivity index (χ3v) is 7.19. The van der Waals surface area contributed by atoms with Crippen molar-refractivity contribution in [3.63, 3.8) is 0 Å². The van der Waals surface area contributed by atoms with Gasteiger partial charge in [0.25, 0.3) is 0 Å².